The molecule has 0 saturated heterocycles. The van der Waals surface area contributed by atoms with E-state index in [1.165, 1.54) is 6.92 Å². The number of hydrogen-bond acceptors (Lipinski definition) is 4. The van der Waals surface area contributed by atoms with Crippen molar-refractivity contribution < 1.29 is 23.1 Å². The largest absolute Gasteiger partial charge is 0.449 e. The van der Waals surface area contributed by atoms with E-state index in [1.807, 2.05) is 0 Å². The van der Waals surface area contributed by atoms with Gasteiger partial charge in [0, 0.05) is 11.8 Å². The van der Waals surface area contributed by atoms with Crippen LogP contribution in [0.4, 0.5) is 14.5 Å². The highest BCUT2D eigenvalue weighted by atomic mass is 35.5. The van der Waals surface area contributed by atoms with Crippen LogP contribution < -0.4 is 5.32 Å². The lowest BCUT2D eigenvalue weighted by Gasteiger charge is -2.15. The summed E-state index contributed by atoms with van der Waals surface area (Å²) in [7, 11) is 0. The molecule has 1 amide bonds. The van der Waals surface area contributed by atoms with E-state index in [9.17, 15) is 18.4 Å². The van der Waals surface area contributed by atoms with Crippen molar-refractivity contribution in [3.8, 4) is 0 Å². The fourth-order valence-electron chi connectivity index (χ4n) is 2.14. The van der Waals surface area contributed by atoms with Crippen molar-refractivity contribution in [3.05, 3.63) is 57.9 Å². The Morgan fingerprint density at radius 1 is 1.24 bits per heavy atom. The van der Waals surface area contributed by atoms with Crippen LogP contribution in [0.25, 0.3) is 0 Å². The van der Waals surface area contributed by atoms with Gasteiger partial charge in [-0.15, -0.1) is 0 Å². The number of amides is 1. The Balaban J connectivity index is 2.11. The molecule has 1 aromatic carbocycles. The van der Waals surface area contributed by atoms with Gasteiger partial charge >= 0.3 is 5.97 Å². The molecule has 0 unspecified atom stereocenters. The molecule has 2 aromatic rings. The zero-order valence-corrected chi connectivity index (χ0v) is 14.4. The van der Waals surface area contributed by atoms with Crippen LogP contribution in [0, 0.1) is 25.5 Å². The number of nitrogens with one attached hydrogen (secondary N) is 1. The van der Waals surface area contributed by atoms with Gasteiger partial charge in [-0.1, -0.05) is 11.6 Å². The predicted octanol–water partition coefficient (Wildman–Crippen LogP) is 3.81. The molecule has 0 spiro atoms. The van der Waals surface area contributed by atoms with Gasteiger partial charge in [0.15, 0.2) is 6.10 Å². The second-order valence-corrected chi connectivity index (χ2v) is 5.77. The molecule has 0 saturated carbocycles. The van der Waals surface area contributed by atoms with Crippen LogP contribution in [0.1, 0.15) is 28.5 Å². The minimum atomic E-state index is -1.26. The Morgan fingerprint density at radius 2 is 1.92 bits per heavy atom. The van der Waals surface area contributed by atoms with E-state index in [0.717, 1.165) is 18.2 Å². The number of carbonyl (C=O) groups is 2. The number of ether oxygens (including phenoxy) is 1. The predicted molar refractivity (Wildman–Crippen MR) is 88.6 cm³/mol. The van der Waals surface area contributed by atoms with Crippen molar-refractivity contribution in [3.63, 3.8) is 0 Å². The molecular weight excluding hydrogens is 354 g/mol. The number of aryl methyl sites for hydroxylation is 2. The minimum absolute atomic E-state index is 0.0358. The Morgan fingerprint density at radius 3 is 2.56 bits per heavy atom. The Kier molecular flexibility index (Phi) is 5.69. The Bertz CT molecular complexity index is 820. The number of rotatable bonds is 4. The maximum Gasteiger partial charge on any atom is 0.342 e. The molecule has 8 heteroatoms. The number of carbonyl (C=O) groups excluding carboxylic acids is 2. The van der Waals surface area contributed by atoms with Crippen molar-refractivity contribution >= 4 is 29.2 Å². The maximum absolute atomic E-state index is 13.5. The topological polar surface area (TPSA) is 68.3 Å². The Hall–Kier alpha value is -2.54. The summed E-state index contributed by atoms with van der Waals surface area (Å²) in [5.41, 5.74) is 0.876. The quantitative estimate of drug-likeness (QED) is 0.658. The van der Waals surface area contributed by atoms with Crippen molar-refractivity contribution in [2.24, 2.45) is 0 Å². The van der Waals surface area contributed by atoms with Crippen LogP contribution in [-0.2, 0) is 9.53 Å². The first-order chi connectivity index (χ1) is 11.7. The molecule has 1 N–H and O–H groups in total. The SMILES string of the molecule is Cc1cc(C)c(C(=O)O[C@@H](C)C(=O)Nc2cc(F)ccc2F)c(Cl)n1. The smallest absolute Gasteiger partial charge is 0.342 e. The van der Waals surface area contributed by atoms with Crippen molar-refractivity contribution in [1.82, 2.24) is 4.98 Å². The molecule has 0 fully saturated rings. The summed E-state index contributed by atoms with van der Waals surface area (Å²) in [6, 6.07) is 4.27. The van der Waals surface area contributed by atoms with Crippen LogP contribution in [-0.4, -0.2) is 23.0 Å². The van der Waals surface area contributed by atoms with Gasteiger partial charge in [0.2, 0.25) is 0 Å². The van der Waals surface area contributed by atoms with Crippen molar-refractivity contribution in [2.75, 3.05) is 5.32 Å². The first-order valence-electron chi connectivity index (χ1n) is 7.29. The second-order valence-electron chi connectivity index (χ2n) is 5.41. The zero-order valence-electron chi connectivity index (χ0n) is 13.7. The lowest BCUT2D eigenvalue weighted by Crippen LogP contribution is -2.30. The molecule has 0 aliphatic carbocycles. The summed E-state index contributed by atoms with van der Waals surface area (Å²) >= 11 is 5.96. The van der Waals surface area contributed by atoms with E-state index in [-0.39, 0.29) is 16.4 Å². The molecule has 0 radical (unpaired) electrons. The monoisotopic (exact) mass is 368 g/mol. The fraction of sp³-hybridized carbons (Fsp3) is 0.235. The third kappa shape index (κ3) is 4.51. The van der Waals surface area contributed by atoms with E-state index < -0.39 is 29.6 Å². The van der Waals surface area contributed by atoms with Gasteiger partial charge in [-0.2, -0.15) is 0 Å². The van der Waals surface area contributed by atoms with E-state index >= 15 is 0 Å². The third-order valence-electron chi connectivity index (χ3n) is 3.34. The van der Waals surface area contributed by atoms with Gasteiger partial charge in [0.25, 0.3) is 5.91 Å². The minimum Gasteiger partial charge on any atom is -0.449 e. The van der Waals surface area contributed by atoms with Crippen LogP contribution in [0.15, 0.2) is 24.3 Å². The van der Waals surface area contributed by atoms with E-state index in [1.54, 1.807) is 19.9 Å². The van der Waals surface area contributed by atoms with Crippen LogP contribution in [0.5, 0.6) is 0 Å². The molecule has 0 aliphatic heterocycles. The van der Waals surface area contributed by atoms with Crippen LogP contribution in [0.2, 0.25) is 5.15 Å². The number of halogens is 3. The number of anilines is 1. The fourth-order valence-corrected chi connectivity index (χ4v) is 2.50. The molecule has 1 heterocycles. The van der Waals surface area contributed by atoms with Crippen LogP contribution >= 0.6 is 11.6 Å². The number of benzene rings is 1. The van der Waals surface area contributed by atoms with Gasteiger partial charge in [-0.05, 0) is 44.5 Å². The highest BCUT2D eigenvalue weighted by Crippen LogP contribution is 2.21. The first kappa shape index (κ1) is 18.8. The molecule has 0 aliphatic rings. The second kappa shape index (κ2) is 7.57. The summed E-state index contributed by atoms with van der Waals surface area (Å²) in [6.07, 6.45) is -1.26. The van der Waals surface area contributed by atoms with E-state index in [0.29, 0.717) is 11.3 Å². The van der Waals surface area contributed by atoms with Crippen molar-refractivity contribution in [2.45, 2.75) is 26.9 Å². The average molecular weight is 369 g/mol. The molecule has 1 aromatic heterocycles. The maximum atomic E-state index is 13.5. The molecule has 1 atom stereocenters. The number of esters is 1. The van der Waals surface area contributed by atoms with Gasteiger partial charge < -0.3 is 10.1 Å². The molecule has 0 bridgehead atoms. The molecular formula is C17H15ClF2N2O3. The number of hydrogen-bond donors (Lipinski definition) is 1. The van der Waals surface area contributed by atoms with Gasteiger partial charge in [0.05, 0.1) is 11.3 Å². The van der Waals surface area contributed by atoms with Crippen molar-refractivity contribution in [1.29, 1.82) is 0 Å². The van der Waals surface area contributed by atoms with E-state index in [2.05, 4.69) is 10.3 Å². The van der Waals surface area contributed by atoms with E-state index in [4.69, 9.17) is 16.3 Å². The standard InChI is InChI=1S/C17H15ClF2N2O3/c1-8-6-9(2)21-15(18)14(8)17(24)25-10(3)16(23)22-13-7-11(19)4-5-12(13)20/h4-7,10H,1-3H3,(H,22,23)/t10-/m0/s1. The van der Waals surface area contributed by atoms with Crippen LogP contribution in [0.3, 0.4) is 0 Å². The summed E-state index contributed by atoms with van der Waals surface area (Å²) < 4.78 is 31.7. The number of nitrogens with zero attached hydrogens (tertiary/aromatic N) is 1. The summed E-state index contributed by atoms with van der Waals surface area (Å²) in [5, 5.41) is 2.13. The molecule has 132 valence electrons. The lowest BCUT2D eigenvalue weighted by atomic mass is 10.1. The van der Waals surface area contributed by atoms with Gasteiger partial charge in [-0.25, -0.2) is 18.6 Å². The zero-order chi connectivity index (χ0) is 18.7. The third-order valence-corrected chi connectivity index (χ3v) is 3.62. The normalized spacial score (nSPS) is 11.8. The number of aromatic nitrogens is 1. The molecule has 5 nitrogen and oxygen atoms in total. The highest BCUT2D eigenvalue weighted by molar-refractivity contribution is 6.32. The summed E-state index contributed by atoms with van der Waals surface area (Å²) in [4.78, 5) is 28.2. The summed E-state index contributed by atoms with van der Waals surface area (Å²) in [6.45, 7) is 4.68. The average Bonchev–Trinajstić information content (AvgIpc) is 2.49. The Labute approximate surface area is 148 Å². The van der Waals surface area contributed by atoms with Gasteiger partial charge in [-0.3, -0.25) is 4.79 Å². The molecule has 25 heavy (non-hydrogen) atoms. The number of pyridine rings is 1. The lowest BCUT2D eigenvalue weighted by molar-refractivity contribution is -0.123. The highest BCUT2D eigenvalue weighted by Gasteiger charge is 2.23. The first-order valence-corrected chi connectivity index (χ1v) is 7.67. The van der Waals surface area contributed by atoms with Gasteiger partial charge in [0.1, 0.15) is 16.8 Å². The molecule has 2 rings (SSSR count). The summed E-state index contributed by atoms with van der Waals surface area (Å²) in [5.74, 6) is -3.17.